The van der Waals surface area contributed by atoms with Gasteiger partial charge in [-0.1, -0.05) is 31.7 Å². The van der Waals surface area contributed by atoms with Gasteiger partial charge in [0.25, 0.3) is 5.91 Å². The highest BCUT2D eigenvalue weighted by Gasteiger charge is 2.25. The van der Waals surface area contributed by atoms with E-state index in [0.717, 1.165) is 31.4 Å². The van der Waals surface area contributed by atoms with Crippen LogP contribution in [0.15, 0.2) is 0 Å². The van der Waals surface area contributed by atoms with E-state index in [1.54, 1.807) is 0 Å². The molecule has 0 radical (unpaired) electrons. The number of aryl methyl sites for hydroxylation is 1. The van der Waals surface area contributed by atoms with Crippen LogP contribution in [-0.2, 0) is 6.42 Å². The van der Waals surface area contributed by atoms with Crippen molar-refractivity contribution in [2.24, 2.45) is 0 Å². The molecule has 0 aliphatic rings. The topological polar surface area (TPSA) is 46.1 Å². The first kappa shape index (κ1) is 16.4. The Bertz CT molecular complexity index is 393. The fraction of sp³-hybridized carbons (Fsp3) is 0.769. The monoisotopic (exact) mass is 303 g/mol. The van der Waals surface area contributed by atoms with Gasteiger partial charge in [-0.3, -0.25) is 4.79 Å². The van der Waals surface area contributed by atoms with Crippen molar-refractivity contribution < 1.29 is 4.79 Å². The standard InChI is InChI=1S/C13H22ClN3OS/c1-4-7-11-12(19-16-15-11)13(18)17(9-8-14)10(5-2)6-3/h10H,4-9H2,1-3H3. The van der Waals surface area contributed by atoms with Crippen LogP contribution in [0.2, 0.25) is 0 Å². The smallest absolute Gasteiger partial charge is 0.267 e. The van der Waals surface area contributed by atoms with E-state index in [9.17, 15) is 4.79 Å². The van der Waals surface area contributed by atoms with E-state index >= 15 is 0 Å². The van der Waals surface area contributed by atoms with E-state index < -0.39 is 0 Å². The Morgan fingerprint density at radius 2 is 2.05 bits per heavy atom. The molecule has 1 heterocycles. The van der Waals surface area contributed by atoms with Crippen LogP contribution in [0.5, 0.6) is 0 Å². The molecule has 0 saturated heterocycles. The number of hydrogen-bond acceptors (Lipinski definition) is 4. The van der Waals surface area contributed by atoms with Crippen molar-refractivity contribution in [2.45, 2.75) is 52.5 Å². The van der Waals surface area contributed by atoms with Crippen LogP contribution in [0, 0.1) is 0 Å². The predicted molar refractivity (Wildman–Crippen MR) is 80.0 cm³/mol. The Morgan fingerprint density at radius 3 is 2.58 bits per heavy atom. The number of aromatic nitrogens is 2. The maximum Gasteiger partial charge on any atom is 0.267 e. The molecule has 6 heteroatoms. The molecule has 0 aliphatic heterocycles. The second-order valence-corrected chi connectivity index (χ2v) is 5.59. The molecular formula is C13H22ClN3OS. The van der Waals surface area contributed by atoms with Gasteiger partial charge in [0, 0.05) is 18.5 Å². The van der Waals surface area contributed by atoms with Crippen LogP contribution in [0.1, 0.15) is 55.4 Å². The number of halogens is 1. The molecule has 1 aromatic heterocycles. The molecule has 0 N–H and O–H groups in total. The van der Waals surface area contributed by atoms with E-state index in [2.05, 4.69) is 30.4 Å². The zero-order valence-corrected chi connectivity index (χ0v) is 13.4. The Labute approximate surface area is 124 Å². The minimum Gasteiger partial charge on any atom is -0.334 e. The molecule has 1 amide bonds. The van der Waals surface area contributed by atoms with Gasteiger partial charge in [0.15, 0.2) is 0 Å². The summed E-state index contributed by atoms with van der Waals surface area (Å²) in [7, 11) is 0. The van der Waals surface area contributed by atoms with Gasteiger partial charge < -0.3 is 4.90 Å². The van der Waals surface area contributed by atoms with Crippen LogP contribution >= 0.6 is 23.1 Å². The molecule has 0 fully saturated rings. The summed E-state index contributed by atoms with van der Waals surface area (Å²) in [4.78, 5) is 15.2. The molecule has 108 valence electrons. The van der Waals surface area contributed by atoms with Gasteiger partial charge in [0.05, 0.1) is 5.69 Å². The van der Waals surface area contributed by atoms with E-state index in [0.29, 0.717) is 17.3 Å². The third-order valence-electron chi connectivity index (χ3n) is 3.21. The summed E-state index contributed by atoms with van der Waals surface area (Å²) in [5.74, 6) is 0.491. The number of hydrogen-bond donors (Lipinski definition) is 0. The third-order valence-corrected chi connectivity index (χ3v) is 4.13. The first-order valence-electron chi connectivity index (χ1n) is 6.87. The van der Waals surface area contributed by atoms with Gasteiger partial charge >= 0.3 is 0 Å². The van der Waals surface area contributed by atoms with Gasteiger partial charge in [-0.2, -0.15) is 0 Å². The van der Waals surface area contributed by atoms with Crippen LogP contribution in [0.3, 0.4) is 0 Å². The van der Waals surface area contributed by atoms with Gasteiger partial charge in [-0.25, -0.2) is 0 Å². The van der Waals surface area contributed by atoms with Gasteiger partial charge in [-0.15, -0.1) is 16.7 Å². The fourth-order valence-electron chi connectivity index (χ4n) is 2.17. The first-order valence-corrected chi connectivity index (χ1v) is 8.18. The highest BCUT2D eigenvalue weighted by atomic mass is 35.5. The molecule has 1 rings (SSSR count). The molecule has 0 aliphatic carbocycles. The number of alkyl halides is 1. The molecule has 0 aromatic carbocycles. The van der Waals surface area contributed by atoms with Crippen molar-refractivity contribution in [3.8, 4) is 0 Å². The molecule has 0 saturated carbocycles. The maximum atomic E-state index is 12.6. The largest absolute Gasteiger partial charge is 0.334 e. The minimum atomic E-state index is 0.0350. The number of carbonyl (C=O) groups excluding carboxylic acids is 1. The highest BCUT2D eigenvalue weighted by molar-refractivity contribution is 7.08. The molecular weight excluding hydrogens is 282 g/mol. The Hall–Kier alpha value is -0.680. The normalized spacial score (nSPS) is 11.0. The van der Waals surface area contributed by atoms with Gasteiger partial charge in [0.2, 0.25) is 0 Å². The molecule has 0 spiro atoms. The Morgan fingerprint density at radius 1 is 1.37 bits per heavy atom. The molecule has 19 heavy (non-hydrogen) atoms. The minimum absolute atomic E-state index is 0.0350. The predicted octanol–water partition coefficient (Wildman–Crippen LogP) is 3.36. The summed E-state index contributed by atoms with van der Waals surface area (Å²) in [5, 5.41) is 4.07. The molecule has 4 nitrogen and oxygen atoms in total. The fourth-order valence-corrected chi connectivity index (χ4v) is 3.02. The van der Waals surface area contributed by atoms with Crippen LogP contribution in [-0.4, -0.2) is 38.9 Å². The summed E-state index contributed by atoms with van der Waals surface area (Å²) in [6.45, 7) is 6.85. The highest BCUT2D eigenvalue weighted by Crippen LogP contribution is 2.19. The summed E-state index contributed by atoms with van der Waals surface area (Å²) in [6, 6.07) is 0.239. The second-order valence-electron chi connectivity index (χ2n) is 4.46. The number of rotatable bonds is 8. The van der Waals surface area contributed by atoms with Crippen LogP contribution < -0.4 is 0 Å². The molecule has 0 unspecified atom stereocenters. The number of amides is 1. The summed E-state index contributed by atoms with van der Waals surface area (Å²) < 4.78 is 3.93. The lowest BCUT2D eigenvalue weighted by molar-refractivity contribution is 0.0685. The Kier molecular flexibility index (Phi) is 7.31. The summed E-state index contributed by atoms with van der Waals surface area (Å²) >= 11 is 7.03. The van der Waals surface area contributed by atoms with Gasteiger partial charge in [0.1, 0.15) is 4.88 Å². The van der Waals surface area contributed by atoms with Crippen molar-refractivity contribution in [1.82, 2.24) is 14.5 Å². The average Bonchev–Trinajstić information content (AvgIpc) is 2.87. The molecule has 0 atom stereocenters. The van der Waals surface area contributed by atoms with Crippen molar-refractivity contribution in [3.05, 3.63) is 10.6 Å². The van der Waals surface area contributed by atoms with Crippen molar-refractivity contribution >= 4 is 29.0 Å². The lowest BCUT2D eigenvalue weighted by atomic mass is 10.1. The second kappa shape index (κ2) is 8.48. The average molecular weight is 304 g/mol. The summed E-state index contributed by atoms with van der Waals surface area (Å²) in [5.41, 5.74) is 0.822. The quantitative estimate of drug-likeness (QED) is 0.692. The summed E-state index contributed by atoms with van der Waals surface area (Å²) in [6.07, 6.45) is 3.64. The van der Waals surface area contributed by atoms with Gasteiger partial charge in [-0.05, 0) is 30.8 Å². The van der Waals surface area contributed by atoms with Crippen molar-refractivity contribution in [2.75, 3.05) is 12.4 Å². The SMILES string of the molecule is CCCc1nnsc1C(=O)N(CCCl)C(CC)CC. The van der Waals surface area contributed by atoms with E-state index in [4.69, 9.17) is 11.6 Å². The first-order chi connectivity index (χ1) is 9.19. The zero-order chi connectivity index (χ0) is 14.3. The van der Waals surface area contributed by atoms with E-state index in [1.807, 2.05) is 4.90 Å². The lowest BCUT2D eigenvalue weighted by Gasteiger charge is -2.29. The third kappa shape index (κ3) is 4.14. The molecule has 1 aromatic rings. The van der Waals surface area contributed by atoms with Crippen molar-refractivity contribution in [1.29, 1.82) is 0 Å². The number of carbonyl (C=O) groups is 1. The van der Waals surface area contributed by atoms with E-state index in [1.165, 1.54) is 11.5 Å². The maximum absolute atomic E-state index is 12.6. The van der Waals surface area contributed by atoms with Crippen LogP contribution in [0.4, 0.5) is 0 Å². The Balaban J connectivity index is 2.94. The molecule has 0 bridgehead atoms. The van der Waals surface area contributed by atoms with E-state index in [-0.39, 0.29) is 11.9 Å². The number of nitrogens with zero attached hydrogens (tertiary/aromatic N) is 3. The van der Waals surface area contributed by atoms with Crippen LogP contribution in [0.25, 0.3) is 0 Å². The zero-order valence-electron chi connectivity index (χ0n) is 11.9. The lowest BCUT2D eigenvalue weighted by Crippen LogP contribution is -2.41. The van der Waals surface area contributed by atoms with Crippen molar-refractivity contribution in [3.63, 3.8) is 0 Å².